The van der Waals surface area contributed by atoms with E-state index in [-0.39, 0.29) is 11.9 Å². The van der Waals surface area contributed by atoms with Crippen LogP contribution < -0.4 is 5.32 Å². The first-order chi connectivity index (χ1) is 9.74. The van der Waals surface area contributed by atoms with Crippen molar-refractivity contribution in [3.63, 3.8) is 0 Å². The second-order valence-electron chi connectivity index (χ2n) is 5.57. The molecule has 0 unspecified atom stereocenters. The van der Waals surface area contributed by atoms with E-state index < -0.39 is 0 Å². The van der Waals surface area contributed by atoms with E-state index in [0.29, 0.717) is 12.5 Å². The molecule has 1 fully saturated rings. The maximum Gasteiger partial charge on any atom is 0.308 e. The van der Waals surface area contributed by atoms with E-state index in [9.17, 15) is 4.79 Å². The van der Waals surface area contributed by atoms with Crippen LogP contribution in [0, 0.1) is 5.92 Å². The summed E-state index contributed by atoms with van der Waals surface area (Å²) in [4.78, 5) is 11.7. The minimum atomic E-state index is -0.00434. The number of esters is 1. The fourth-order valence-corrected chi connectivity index (χ4v) is 3.03. The van der Waals surface area contributed by atoms with Crippen LogP contribution in [0.15, 0.2) is 24.3 Å². The second-order valence-corrected chi connectivity index (χ2v) is 5.57. The highest BCUT2D eigenvalue weighted by Crippen LogP contribution is 2.36. The van der Waals surface area contributed by atoms with Gasteiger partial charge in [0, 0.05) is 6.54 Å². The van der Waals surface area contributed by atoms with Crippen LogP contribution in [0.2, 0.25) is 0 Å². The summed E-state index contributed by atoms with van der Waals surface area (Å²) in [6.07, 6.45) is 4.10. The van der Waals surface area contributed by atoms with Gasteiger partial charge in [-0.15, -0.1) is 0 Å². The van der Waals surface area contributed by atoms with E-state index in [1.165, 1.54) is 11.1 Å². The topological polar surface area (TPSA) is 38.3 Å². The Bertz CT molecular complexity index is 419. The van der Waals surface area contributed by atoms with E-state index >= 15 is 0 Å². The van der Waals surface area contributed by atoms with Crippen LogP contribution in [-0.4, -0.2) is 19.6 Å². The molecule has 0 spiro atoms. The van der Waals surface area contributed by atoms with Crippen molar-refractivity contribution in [2.75, 3.05) is 13.7 Å². The molecule has 3 nitrogen and oxygen atoms in total. The van der Waals surface area contributed by atoms with Crippen molar-refractivity contribution in [1.29, 1.82) is 0 Å². The molecule has 1 aromatic carbocycles. The van der Waals surface area contributed by atoms with E-state index in [2.05, 4.69) is 29.6 Å². The minimum Gasteiger partial charge on any atom is -0.466 e. The molecule has 1 aliphatic carbocycles. The predicted octanol–water partition coefficient (Wildman–Crippen LogP) is 3.24. The van der Waals surface area contributed by atoms with Gasteiger partial charge in [0.05, 0.1) is 12.5 Å². The first-order valence-corrected chi connectivity index (χ1v) is 7.64. The summed E-state index contributed by atoms with van der Waals surface area (Å²) < 4.78 is 5.12. The van der Waals surface area contributed by atoms with Gasteiger partial charge in [0.15, 0.2) is 0 Å². The van der Waals surface area contributed by atoms with Gasteiger partial charge in [-0.25, -0.2) is 0 Å². The van der Waals surface area contributed by atoms with Crippen LogP contribution in [0.1, 0.15) is 49.7 Å². The Labute approximate surface area is 121 Å². The van der Waals surface area contributed by atoms with Gasteiger partial charge in [-0.1, -0.05) is 24.3 Å². The largest absolute Gasteiger partial charge is 0.466 e. The molecule has 1 aromatic rings. The number of hydrogen-bond donors (Lipinski definition) is 1. The van der Waals surface area contributed by atoms with Crippen LogP contribution in [0.4, 0.5) is 0 Å². The molecule has 1 N–H and O–H groups in total. The fourth-order valence-electron chi connectivity index (χ4n) is 3.03. The molecule has 1 aliphatic rings. The Morgan fingerprint density at radius 3 is 2.40 bits per heavy atom. The zero-order valence-electron chi connectivity index (χ0n) is 12.5. The molecule has 3 heteroatoms. The molecule has 0 aromatic heterocycles. The zero-order valence-corrected chi connectivity index (χ0v) is 12.5. The Morgan fingerprint density at radius 1 is 1.20 bits per heavy atom. The first-order valence-electron chi connectivity index (χ1n) is 7.64. The molecular weight excluding hydrogens is 250 g/mol. The number of carbonyl (C=O) groups excluding carboxylic acids is 1. The Balaban J connectivity index is 1.88. The van der Waals surface area contributed by atoms with Crippen LogP contribution in [0.3, 0.4) is 0 Å². The van der Waals surface area contributed by atoms with Crippen molar-refractivity contribution >= 4 is 5.97 Å². The molecule has 2 rings (SSSR count). The summed E-state index contributed by atoms with van der Waals surface area (Å²) in [5.74, 6) is 0.717. The predicted molar refractivity (Wildman–Crippen MR) is 80.5 cm³/mol. The van der Waals surface area contributed by atoms with Crippen molar-refractivity contribution in [2.45, 2.75) is 45.1 Å². The number of benzene rings is 1. The summed E-state index contributed by atoms with van der Waals surface area (Å²) in [5, 5.41) is 3.16. The second kappa shape index (κ2) is 7.44. The van der Waals surface area contributed by atoms with Gasteiger partial charge >= 0.3 is 5.97 Å². The van der Waals surface area contributed by atoms with Crippen LogP contribution in [0.25, 0.3) is 0 Å². The smallest absolute Gasteiger partial charge is 0.308 e. The number of carbonyl (C=O) groups is 1. The molecule has 110 valence electrons. The lowest BCUT2D eigenvalue weighted by molar-refractivity contribution is -0.149. The maximum atomic E-state index is 11.7. The van der Waals surface area contributed by atoms with Crippen LogP contribution >= 0.6 is 0 Å². The van der Waals surface area contributed by atoms with Crippen LogP contribution in [0.5, 0.6) is 0 Å². The molecule has 0 bridgehead atoms. The van der Waals surface area contributed by atoms with Crippen molar-refractivity contribution in [1.82, 2.24) is 5.32 Å². The van der Waals surface area contributed by atoms with Gasteiger partial charge in [0.25, 0.3) is 0 Å². The third-order valence-corrected chi connectivity index (χ3v) is 4.18. The highest BCUT2D eigenvalue weighted by Gasteiger charge is 2.27. The van der Waals surface area contributed by atoms with Gasteiger partial charge < -0.3 is 10.1 Å². The average Bonchev–Trinajstić information content (AvgIpc) is 2.49. The summed E-state index contributed by atoms with van der Waals surface area (Å²) in [7, 11) is 1.96. The molecular formula is C17H25NO2. The third kappa shape index (κ3) is 3.83. The van der Waals surface area contributed by atoms with E-state index in [1.807, 2.05) is 14.0 Å². The molecule has 0 aliphatic heterocycles. The first kappa shape index (κ1) is 15.0. The standard InChI is InChI=1S/C17H25NO2/c1-3-20-17(19)16-10-8-15(9-11-16)14-6-4-13(5-7-14)12-18-2/h4-7,15-16,18H,3,8-12H2,1-2H3. The summed E-state index contributed by atoms with van der Waals surface area (Å²) in [5.41, 5.74) is 2.73. The highest BCUT2D eigenvalue weighted by molar-refractivity contribution is 5.72. The van der Waals surface area contributed by atoms with Crippen molar-refractivity contribution in [3.05, 3.63) is 35.4 Å². The summed E-state index contributed by atoms with van der Waals surface area (Å²) >= 11 is 0. The van der Waals surface area contributed by atoms with Gasteiger partial charge in [-0.05, 0) is 56.7 Å². The molecule has 0 amide bonds. The average molecular weight is 275 g/mol. The SMILES string of the molecule is CCOC(=O)C1CCC(c2ccc(CNC)cc2)CC1. The summed E-state index contributed by atoms with van der Waals surface area (Å²) in [6, 6.07) is 8.87. The molecule has 0 heterocycles. The van der Waals surface area contributed by atoms with Gasteiger partial charge in [-0.2, -0.15) is 0 Å². The van der Waals surface area contributed by atoms with Gasteiger partial charge in [0.2, 0.25) is 0 Å². The number of hydrogen-bond acceptors (Lipinski definition) is 3. The highest BCUT2D eigenvalue weighted by atomic mass is 16.5. The van der Waals surface area contributed by atoms with Gasteiger partial charge in [0.1, 0.15) is 0 Å². The maximum absolute atomic E-state index is 11.7. The monoisotopic (exact) mass is 275 g/mol. The lowest BCUT2D eigenvalue weighted by Gasteiger charge is -2.27. The molecule has 0 radical (unpaired) electrons. The Kier molecular flexibility index (Phi) is 5.60. The number of rotatable bonds is 5. The fraction of sp³-hybridized carbons (Fsp3) is 0.588. The summed E-state index contributed by atoms with van der Waals surface area (Å²) in [6.45, 7) is 3.28. The van der Waals surface area contributed by atoms with Crippen molar-refractivity contribution in [2.24, 2.45) is 5.92 Å². The zero-order chi connectivity index (χ0) is 14.4. The number of nitrogens with one attached hydrogen (secondary N) is 1. The lowest BCUT2D eigenvalue weighted by Crippen LogP contribution is -2.23. The van der Waals surface area contributed by atoms with Gasteiger partial charge in [-0.3, -0.25) is 4.79 Å². The van der Waals surface area contributed by atoms with E-state index in [0.717, 1.165) is 32.2 Å². The third-order valence-electron chi connectivity index (χ3n) is 4.18. The van der Waals surface area contributed by atoms with Crippen molar-refractivity contribution < 1.29 is 9.53 Å². The molecule has 0 atom stereocenters. The van der Waals surface area contributed by atoms with E-state index in [4.69, 9.17) is 4.74 Å². The Hall–Kier alpha value is -1.35. The molecule has 0 saturated heterocycles. The molecule has 1 saturated carbocycles. The normalized spacial score (nSPS) is 22.5. The lowest BCUT2D eigenvalue weighted by atomic mass is 9.78. The van der Waals surface area contributed by atoms with Crippen LogP contribution in [-0.2, 0) is 16.1 Å². The number of ether oxygens (including phenoxy) is 1. The molecule has 20 heavy (non-hydrogen) atoms. The minimum absolute atomic E-state index is 0.00434. The Morgan fingerprint density at radius 2 is 1.85 bits per heavy atom. The van der Waals surface area contributed by atoms with E-state index in [1.54, 1.807) is 0 Å². The quantitative estimate of drug-likeness (QED) is 0.838. The van der Waals surface area contributed by atoms with Crippen molar-refractivity contribution in [3.8, 4) is 0 Å².